The van der Waals surface area contributed by atoms with Gasteiger partial charge in [0.2, 0.25) is 0 Å². The minimum Gasteiger partial charge on any atom is -0.493 e. The van der Waals surface area contributed by atoms with Crippen molar-refractivity contribution in [3.8, 4) is 17.2 Å². The Morgan fingerprint density at radius 3 is 2.00 bits per heavy atom. The fraction of sp³-hybridized carbons (Fsp3) is 0.250. The van der Waals surface area contributed by atoms with Crippen molar-refractivity contribution < 1.29 is 9.47 Å². The van der Waals surface area contributed by atoms with Crippen LogP contribution in [0.1, 0.15) is 25.3 Å². The summed E-state index contributed by atoms with van der Waals surface area (Å²) in [5, 5.41) is 0. The Morgan fingerprint density at radius 2 is 1.44 bits per heavy atom. The molecule has 0 saturated heterocycles. The molecule has 0 aliphatic carbocycles. The molecule has 94 valence electrons. The average molecular weight is 242 g/mol. The van der Waals surface area contributed by atoms with E-state index >= 15 is 0 Å². The molecule has 0 aliphatic heterocycles. The summed E-state index contributed by atoms with van der Waals surface area (Å²) in [5.41, 5.74) is 1.31. The van der Waals surface area contributed by atoms with Gasteiger partial charge >= 0.3 is 0 Å². The molecule has 0 aliphatic rings. The lowest BCUT2D eigenvalue weighted by Crippen LogP contribution is -1.91. The predicted molar refractivity (Wildman–Crippen MR) is 73.6 cm³/mol. The summed E-state index contributed by atoms with van der Waals surface area (Å²) in [6, 6.07) is 15.8. The molecule has 0 amide bonds. The quantitative estimate of drug-likeness (QED) is 0.779. The van der Waals surface area contributed by atoms with Gasteiger partial charge < -0.3 is 9.47 Å². The van der Waals surface area contributed by atoms with Crippen LogP contribution in [0.5, 0.6) is 17.2 Å². The molecule has 2 nitrogen and oxygen atoms in total. The van der Waals surface area contributed by atoms with Crippen LogP contribution in [-0.4, -0.2) is 7.11 Å². The highest BCUT2D eigenvalue weighted by Gasteiger charge is 2.04. The van der Waals surface area contributed by atoms with Gasteiger partial charge in [-0.05, 0) is 35.7 Å². The summed E-state index contributed by atoms with van der Waals surface area (Å²) in [5.74, 6) is 2.83. The molecule has 0 heterocycles. The van der Waals surface area contributed by atoms with E-state index in [4.69, 9.17) is 9.47 Å². The number of benzene rings is 2. The highest BCUT2D eigenvalue weighted by molar-refractivity contribution is 5.43. The van der Waals surface area contributed by atoms with Crippen LogP contribution < -0.4 is 9.47 Å². The molecule has 2 aromatic rings. The summed E-state index contributed by atoms with van der Waals surface area (Å²) < 4.78 is 11.1. The van der Waals surface area contributed by atoms with Gasteiger partial charge in [-0.3, -0.25) is 0 Å². The average Bonchev–Trinajstić information content (AvgIpc) is 2.40. The van der Waals surface area contributed by atoms with Crippen molar-refractivity contribution in [1.82, 2.24) is 0 Å². The van der Waals surface area contributed by atoms with Gasteiger partial charge in [-0.25, -0.2) is 0 Å². The number of hydrogen-bond acceptors (Lipinski definition) is 2. The Bertz CT molecular complexity index is 501. The van der Waals surface area contributed by atoms with Crippen LogP contribution in [0.25, 0.3) is 0 Å². The smallest absolute Gasteiger partial charge is 0.169 e. The highest BCUT2D eigenvalue weighted by Crippen LogP contribution is 2.31. The van der Waals surface area contributed by atoms with Crippen LogP contribution in [0.15, 0.2) is 48.5 Å². The van der Waals surface area contributed by atoms with Crippen LogP contribution in [0.4, 0.5) is 0 Å². The minimum atomic E-state index is 0.533. The van der Waals surface area contributed by atoms with Crippen molar-refractivity contribution in [1.29, 1.82) is 0 Å². The molecule has 0 aromatic heterocycles. The third-order valence-electron chi connectivity index (χ3n) is 2.84. The van der Waals surface area contributed by atoms with Crippen LogP contribution in [0, 0.1) is 0 Å². The first-order chi connectivity index (χ1) is 8.70. The molecule has 0 saturated carbocycles. The number of hydrogen-bond donors (Lipinski definition) is 0. The van der Waals surface area contributed by atoms with Gasteiger partial charge in [-0.1, -0.05) is 38.1 Å². The van der Waals surface area contributed by atoms with Gasteiger partial charge in [-0.2, -0.15) is 0 Å². The van der Waals surface area contributed by atoms with Crippen molar-refractivity contribution in [3.63, 3.8) is 0 Å². The Balaban J connectivity index is 2.18. The minimum absolute atomic E-state index is 0.533. The van der Waals surface area contributed by atoms with Gasteiger partial charge in [-0.15, -0.1) is 0 Å². The Labute approximate surface area is 108 Å². The fourth-order valence-corrected chi connectivity index (χ4v) is 1.75. The third kappa shape index (κ3) is 2.83. The van der Waals surface area contributed by atoms with Gasteiger partial charge in [0.1, 0.15) is 5.75 Å². The second kappa shape index (κ2) is 5.58. The molecule has 0 atom stereocenters. The lowest BCUT2D eigenvalue weighted by molar-refractivity contribution is 0.379. The maximum atomic E-state index is 5.81. The monoisotopic (exact) mass is 242 g/mol. The molecule has 18 heavy (non-hydrogen) atoms. The highest BCUT2D eigenvalue weighted by atomic mass is 16.5. The summed E-state index contributed by atoms with van der Waals surface area (Å²) in [6.45, 7) is 4.35. The first-order valence-corrected chi connectivity index (χ1v) is 6.11. The second-order valence-electron chi connectivity index (χ2n) is 4.48. The summed E-state index contributed by atoms with van der Waals surface area (Å²) in [6.07, 6.45) is 0. The maximum absolute atomic E-state index is 5.81. The molecule has 0 radical (unpaired) electrons. The largest absolute Gasteiger partial charge is 0.493 e. The van der Waals surface area contributed by atoms with E-state index in [9.17, 15) is 0 Å². The van der Waals surface area contributed by atoms with Crippen molar-refractivity contribution in [3.05, 3.63) is 54.1 Å². The van der Waals surface area contributed by atoms with Crippen LogP contribution >= 0.6 is 0 Å². The zero-order chi connectivity index (χ0) is 13.0. The van der Waals surface area contributed by atoms with E-state index in [-0.39, 0.29) is 0 Å². The molecule has 0 fully saturated rings. The number of para-hydroxylation sites is 2. The van der Waals surface area contributed by atoms with E-state index < -0.39 is 0 Å². The van der Waals surface area contributed by atoms with Crippen LogP contribution in [0.3, 0.4) is 0 Å². The summed E-state index contributed by atoms with van der Waals surface area (Å²) in [7, 11) is 1.64. The van der Waals surface area contributed by atoms with E-state index in [0.29, 0.717) is 5.92 Å². The van der Waals surface area contributed by atoms with Crippen molar-refractivity contribution in [2.45, 2.75) is 19.8 Å². The van der Waals surface area contributed by atoms with E-state index in [1.165, 1.54) is 5.56 Å². The molecule has 0 unspecified atom stereocenters. The van der Waals surface area contributed by atoms with E-state index in [2.05, 4.69) is 26.0 Å². The van der Waals surface area contributed by atoms with Crippen LogP contribution in [-0.2, 0) is 0 Å². The van der Waals surface area contributed by atoms with E-state index in [1.807, 2.05) is 36.4 Å². The first-order valence-electron chi connectivity index (χ1n) is 6.11. The number of ether oxygens (including phenoxy) is 2. The van der Waals surface area contributed by atoms with Crippen molar-refractivity contribution in [2.75, 3.05) is 7.11 Å². The maximum Gasteiger partial charge on any atom is 0.169 e. The van der Waals surface area contributed by atoms with Crippen molar-refractivity contribution >= 4 is 0 Å². The molecule has 2 rings (SSSR count). The van der Waals surface area contributed by atoms with E-state index in [1.54, 1.807) is 7.11 Å². The topological polar surface area (TPSA) is 18.5 Å². The van der Waals surface area contributed by atoms with E-state index in [0.717, 1.165) is 17.2 Å². The first kappa shape index (κ1) is 12.5. The zero-order valence-electron chi connectivity index (χ0n) is 11.0. The number of methoxy groups -OCH3 is 1. The molecular weight excluding hydrogens is 224 g/mol. The predicted octanol–water partition coefficient (Wildman–Crippen LogP) is 4.61. The van der Waals surface area contributed by atoms with Gasteiger partial charge in [0, 0.05) is 0 Å². The molecule has 0 bridgehead atoms. The standard InChI is InChI=1S/C16H18O2/c1-12(2)13-8-10-14(11-9-13)18-16-7-5-4-6-15(16)17-3/h4-12H,1-3H3. The summed E-state index contributed by atoms with van der Waals surface area (Å²) >= 11 is 0. The zero-order valence-corrected chi connectivity index (χ0v) is 11.0. The van der Waals surface area contributed by atoms with Gasteiger partial charge in [0.05, 0.1) is 7.11 Å². The molecule has 2 aromatic carbocycles. The Morgan fingerprint density at radius 1 is 0.833 bits per heavy atom. The van der Waals surface area contributed by atoms with Gasteiger partial charge in [0.15, 0.2) is 11.5 Å². The Kier molecular flexibility index (Phi) is 3.88. The fourth-order valence-electron chi connectivity index (χ4n) is 1.75. The third-order valence-corrected chi connectivity index (χ3v) is 2.84. The summed E-state index contributed by atoms with van der Waals surface area (Å²) in [4.78, 5) is 0. The molecular formula is C16H18O2. The lowest BCUT2D eigenvalue weighted by atomic mass is 10.0. The van der Waals surface area contributed by atoms with Gasteiger partial charge in [0.25, 0.3) is 0 Å². The molecule has 0 N–H and O–H groups in total. The Hall–Kier alpha value is -1.96. The normalized spacial score (nSPS) is 10.4. The van der Waals surface area contributed by atoms with Crippen LogP contribution in [0.2, 0.25) is 0 Å². The molecule has 2 heteroatoms. The lowest BCUT2D eigenvalue weighted by Gasteiger charge is -2.11. The second-order valence-corrected chi connectivity index (χ2v) is 4.48. The van der Waals surface area contributed by atoms with Crippen molar-refractivity contribution in [2.24, 2.45) is 0 Å². The number of rotatable bonds is 4. The molecule has 0 spiro atoms. The SMILES string of the molecule is COc1ccccc1Oc1ccc(C(C)C)cc1.